The van der Waals surface area contributed by atoms with Gasteiger partial charge < -0.3 is 5.73 Å². The summed E-state index contributed by atoms with van der Waals surface area (Å²) in [4.78, 5) is 3.74. The number of hydrogen-bond acceptors (Lipinski definition) is 5. The summed E-state index contributed by atoms with van der Waals surface area (Å²) >= 11 is 0. The van der Waals surface area contributed by atoms with Crippen LogP contribution in [0.5, 0.6) is 0 Å². The summed E-state index contributed by atoms with van der Waals surface area (Å²) in [6.07, 6.45) is 1.72. The summed E-state index contributed by atoms with van der Waals surface area (Å²) in [6.45, 7) is 2.08. The summed E-state index contributed by atoms with van der Waals surface area (Å²) in [6, 6.07) is 4.47. The molecule has 0 aliphatic carbocycles. The first-order valence-electron chi connectivity index (χ1n) is 5.07. The average molecular weight is 254 g/mol. The maximum Gasteiger partial charge on any atom is 0.242 e. The van der Waals surface area contributed by atoms with E-state index in [9.17, 15) is 8.42 Å². The highest BCUT2D eigenvalue weighted by molar-refractivity contribution is 7.89. The van der Waals surface area contributed by atoms with E-state index in [0.717, 1.165) is 6.20 Å². The number of pyridine rings is 1. The van der Waals surface area contributed by atoms with Crippen LogP contribution in [0, 0.1) is 11.3 Å². The number of rotatable bonds is 5. The Kier molecular flexibility index (Phi) is 4.57. The average Bonchev–Trinajstić information content (AvgIpc) is 2.28. The number of nitrogens with zero attached hydrogens (tertiary/aromatic N) is 2. The van der Waals surface area contributed by atoms with Crippen molar-refractivity contribution in [2.45, 2.75) is 24.3 Å². The molecule has 0 fully saturated rings. The van der Waals surface area contributed by atoms with Gasteiger partial charge in [-0.05, 0) is 25.5 Å². The van der Waals surface area contributed by atoms with Crippen molar-refractivity contribution in [2.75, 3.05) is 6.54 Å². The minimum absolute atomic E-state index is 0.0428. The largest absolute Gasteiger partial charge is 0.328 e. The lowest BCUT2D eigenvalue weighted by atomic mass is 10.3. The number of nitriles is 1. The molecule has 0 amide bonds. The molecule has 1 heterocycles. The maximum absolute atomic E-state index is 11.7. The van der Waals surface area contributed by atoms with Gasteiger partial charge in [0.25, 0.3) is 0 Å². The van der Waals surface area contributed by atoms with E-state index in [1.165, 1.54) is 12.1 Å². The van der Waals surface area contributed by atoms with Gasteiger partial charge in [0, 0.05) is 18.8 Å². The van der Waals surface area contributed by atoms with Crippen LogP contribution < -0.4 is 10.5 Å². The second-order valence-electron chi connectivity index (χ2n) is 3.65. The van der Waals surface area contributed by atoms with E-state index in [1.54, 1.807) is 6.92 Å². The van der Waals surface area contributed by atoms with E-state index in [4.69, 9.17) is 11.0 Å². The maximum atomic E-state index is 11.7. The topological polar surface area (TPSA) is 109 Å². The molecule has 1 rings (SSSR count). The lowest BCUT2D eigenvalue weighted by molar-refractivity contribution is 0.571. The highest BCUT2D eigenvalue weighted by atomic mass is 32.2. The van der Waals surface area contributed by atoms with E-state index in [0.29, 0.717) is 6.42 Å². The fourth-order valence-electron chi connectivity index (χ4n) is 1.11. The smallest absolute Gasteiger partial charge is 0.242 e. The van der Waals surface area contributed by atoms with Crippen LogP contribution in [0.4, 0.5) is 0 Å². The van der Waals surface area contributed by atoms with Crippen LogP contribution in [0.2, 0.25) is 0 Å². The van der Waals surface area contributed by atoms with Crippen molar-refractivity contribution in [3.63, 3.8) is 0 Å². The van der Waals surface area contributed by atoms with Crippen LogP contribution in [0.1, 0.15) is 19.0 Å². The minimum Gasteiger partial charge on any atom is -0.328 e. The molecule has 7 heteroatoms. The Morgan fingerprint density at radius 3 is 2.76 bits per heavy atom. The molecule has 0 spiro atoms. The molecular weight excluding hydrogens is 240 g/mol. The zero-order valence-electron chi connectivity index (χ0n) is 9.42. The van der Waals surface area contributed by atoms with Crippen molar-refractivity contribution in [3.8, 4) is 6.07 Å². The molecule has 0 saturated carbocycles. The second-order valence-corrected chi connectivity index (χ2v) is 5.42. The lowest BCUT2D eigenvalue weighted by Crippen LogP contribution is -2.29. The van der Waals surface area contributed by atoms with Gasteiger partial charge in [-0.25, -0.2) is 18.1 Å². The summed E-state index contributed by atoms with van der Waals surface area (Å²) in [7, 11) is -3.56. The number of sulfonamides is 1. The fraction of sp³-hybridized carbons (Fsp3) is 0.400. The number of hydrogen-bond donors (Lipinski definition) is 2. The van der Waals surface area contributed by atoms with Gasteiger partial charge in [0.2, 0.25) is 10.0 Å². The van der Waals surface area contributed by atoms with Gasteiger partial charge >= 0.3 is 0 Å². The molecule has 3 N–H and O–H groups in total. The molecular formula is C10H14N4O2S. The van der Waals surface area contributed by atoms with Gasteiger partial charge in [-0.15, -0.1) is 0 Å². The van der Waals surface area contributed by atoms with E-state index < -0.39 is 10.0 Å². The van der Waals surface area contributed by atoms with E-state index in [1.807, 2.05) is 6.07 Å². The minimum atomic E-state index is -3.56. The van der Waals surface area contributed by atoms with Gasteiger partial charge in [-0.2, -0.15) is 5.26 Å². The van der Waals surface area contributed by atoms with Crippen LogP contribution in [0.3, 0.4) is 0 Å². The Balaban J connectivity index is 2.73. The second kappa shape index (κ2) is 5.72. The Morgan fingerprint density at radius 2 is 2.29 bits per heavy atom. The summed E-state index contributed by atoms with van der Waals surface area (Å²) in [5, 5.41) is 8.54. The third kappa shape index (κ3) is 4.11. The standard InChI is InChI=1S/C10H14N4O2S/c1-8(12)4-5-14-17(15,16)10-3-2-9(6-11)13-7-10/h2-3,7-8,14H,4-5,12H2,1H3. The third-order valence-corrected chi connectivity index (χ3v) is 3.50. The summed E-state index contributed by atoms with van der Waals surface area (Å²) in [5.74, 6) is 0. The normalized spacial score (nSPS) is 13.0. The van der Waals surface area contributed by atoms with Crippen molar-refractivity contribution in [1.82, 2.24) is 9.71 Å². The molecule has 6 nitrogen and oxygen atoms in total. The van der Waals surface area contributed by atoms with Gasteiger partial charge in [0.05, 0.1) is 0 Å². The summed E-state index contributed by atoms with van der Waals surface area (Å²) < 4.78 is 25.9. The molecule has 0 bridgehead atoms. The van der Waals surface area contributed by atoms with Crippen LogP contribution >= 0.6 is 0 Å². The lowest BCUT2D eigenvalue weighted by Gasteiger charge is -2.07. The Hall–Kier alpha value is -1.49. The number of nitrogens with two attached hydrogens (primary N) is 1. The van der Waals surface area contributed by atoms with Gasteiger partial charge in [0.15, 0.2) is 0 Å². The first-order valence-corrected chi connectivity index (χ1v) is 6.55. The van der Waals surface area contributed by atoms with Crippen molar-refractivity contribution in [2.24, 2.45) is 5.73 Å². The molecule has 1 atom stereocenters. The molecule has 1 aromatic heterocycles. The SMILES string of the molecule is CC(N)CCNS(=O)(=O)c1ccc(C#N)nc1. The van der Waals surface area contributed by atoms with Crippen molar-refractivity contribution >= 4 is 10.0 Å². The molecule has 0 saturated heterocycles. The zero-order chi connectivity index (χ0) is 12.9. The molecule has 0 aliphatic rings. The first-order chi connectivity index (χ1) is 7.95. The summed E-state index contributed by atoms with van der Waals surface area (Å²) in [5.41, 5.74) is 5.70. The van der Waals surface area contributed by atoms with Crippen LogP contribution in [0.15, 0.2) is 23.2 Å². The quantitative estimate of drug-likeness (QED) is 0.766. The number of nitrogens with one attached hydrogen (secondary N) is 1. The predicted molar refractivity (Wildman–Crippen MR) is 62.4 cm³/mol. The molecule has 0 aromatic carbocycles. The number of aromatic nitrogens is 1. The fourth-order valence-corrected chi connectivity index (χ4v) is 2.10. The van der Waals surface area contributed by atoms with E-state index in [-0.39, 0.29) is 23.2 Å². The van der Waals surface area contributed by atoms with Crippen LogP contribution in [0.25, 0.3) is 0 Å². The van der Waals surface area contributed by atoms with Crippen molar-refractivity contribution < 1.29 is 8.42 Å². The van der Waals surface area contributed by atoms with Gasteiger partial charge in [-0.1, -0.05) is 0 Å². The monoisotopic (exact) mass is 254 g/mol. The molecule has 1 unspecified atom stereocenters. The van der Waals surface area contributed by atoms with Crippen LogP contribution in [-0.4, -0.2) is 26.0 Å². The van der Waals surface area contributed by atoms with Gasteiger partial charge in [-0.3, -0.25) is 0 Å². The highest BCUT2D eigenvalue weighted by Crippen LogP contribution is 2.07. The third-order valence-electron chi connectivity index (χ3n) is 2.05. The molecule has 92 valence electrons. The molecule has 17 heavy (non-hydrogen) atoms. The zero-order valence-corrected chi connectivity index (χ0v) is 10.2. The molecule has 0 aliphatic heterocycles. The Bertz CT molecular complexity index is 502. The van der Waals surface area contributed by atoms with E-state index >= 15 is 0 Å². The highest BCUT2D eigenvalue weighted by Gasteiger charge is 2.13. The van der Waals surface area contributed by atoms with Crippen molar-refractivity contribution in [3.05, 3.63) is 24.0 Å². The van der Waals surface area contributed by atoms with Crippen LogP contribution in [-0.2, 0) is 10.0 Å². The Labute approximate surface area is 101 Å². The predicted octanol–water partition coefficient (Wildman–Crippen LogP) is -0.0311. The molecule has 1 aromatic rings. The molecule has 0 radical (unpaired) electrons. The first kappa shape index (κ1) is 13.6. The van der Waals surface area contributed by atoms with Crippen molar-refractivity contribution in [1.29, 1.82) is 5.26 Å². The van der Waals surface area contributed by atoms with Gasteiger partial charge in [0.1, 0.15) is 16.7 Å². The Morgan fingerprint density at radius 1 is 1.59 bits per heavy atom. The van der Waals surface area contributed by atoms with E-state index in [2.05, 4.69) is 9.71 Å².